The molecule has 0 aliphatic rings. The van der Waals surface area contributed by atoms with Crippen LogP contribution < -0.4 is 10.1 Å². The third kappa shape index (κ3) is 4.64. The van der Waals surface area contributed by atoms with Crippen molar-refractivity contribution in [3.05, 3.63) is 53.2 Å². The van der Waals surface area contributed by atoms with Crippen molar-refractivity contribution in [2.75, 3.05) is 12.4 Å². The summed E-state index contributed by atoms with van der Waals surface area (Å²) < 4.78 is 4.95. The molecule has 0 saturated carbocycles. The monoisotopic (exact) mass is 312 g/mol. The number of anilines is 1. The largest absolute Gasteiger partial charge is 0.481 e. The molecule has 2 rings (SSSR count). The van der Waals surface area contributed by atoms with Gasteiger partial charge in [0, 0.05) is 24.5 Å². The van der Waals surface area contributed by atoms with Crippen LogP contribution in [0.15, 0.2) is 36.5 Å². The van der Waals surface area contributed by atoms with E-state index in [0.717, 1.165) is 11.1 Å². The van der Waals surface area contributed by atoms with Crippen molar-refractivity contribution in [2.24, 2.45) is 0 Å². The number of pyridine rings is 1. The van der Waals surface area contributed by atoms with Crippen LogP contribution in [0.4, 0.5) is 5.69 Å². The zero-order valence-corrected chi connectivity index (χ0v) is 13.6. The highest BCUT2D eigenvalue weighted by Crippen LogP contribution is 2.14. The summed E-state index contributed by atoms with van der Waals surface area (Å²) in [7, 11) is 1.53. The molecule has 1 aromatic carbocycles. The second-order valence-corrected chi connectivity index (χ2v) is 5.36. The van der Waals surface area contributed by atoms with E-state index >= 15 is 0 Å². The Morgan fingerprint density at radius 1 is 1.09 bits per heavy atom. The maximum absolute atomic E-state index is 12.1. The first kappa shape index (κ1) is 16.7. The molecule has 2 aromatic rings. The fourth-order valence-corrected chi connectivity index (χ4v) is 2.08. The molecule has 0 saturated heterocycles. The van der Waals surface area contributed by atoms with Gasteiger partial charge in [-0.25, -0.2) is 4.98 Å². The smallest absolute Gasteiger partial charge is 0.224 e. The summed E-state index contributed by atoms with van der Waals surface area (Å²) in [6.07, 6.45) is 1.83. The van der Waals surface area contributed by atoms with Crippen LogP contribution in [0.3, 0.4) is 0 Å². The molecule has 5 heteroatoms. The summed E-state index contributed by atoms with van der Waals surface area (Å²) in [6, 6.07) is 8.95. The zero-order chi connectivity index (χ0) is 16.8. The molecule has 0 unspecified atom stereocenters. The molecule has 0 bridgehead atoms. The van der Waals surface area contributed by atoms with Gasteiger partial charge in [-0.15, -0.1) is 0 Å². The van der Waals surface area contributed by atoms with Crippen molar-refractivity contribution in [1.82, 2.24) is 4.98 Å². The molecule has 0 aliphatic heterocycles. The summed E-state index contributed by atoms with van der Waals surface area (Å²) in [5, 5.41) is 2.71. The first-order valence-electron chi connectivity index (χ1n) is 7.40. The first-order chi connectivity index (χ1) is 11.0. The molecule has 5 nitrogen and oxygen atoms in total. The van der Waals surface area contributed by atoms with Gasteiger partial charge in [0.2, 0.25) is 11.8 Å². The van der Waals surface area contributed by atoms with Gasteiger partial charge in [0.05, 0.1) is 19.0 Å². The number of ketones is 1. The van der Waals surface area contributed by atoms with Crippen LogP contribution in [0.25, 0.3) is 0 Å². The highest BCUT2D eigenvalue weighted by molar-refractivity contribution is 6.00. The van der Waals surface area contributed by atoms with Gasteiger partial charge in [-0.3, -0.25) is 9.59 Å². The lowest BCUT2D eigenvalue weighted by atomic mass is 10.0. The third-order valence-corrected chi connectivity index (χ3v) is 3.64. The van der Waals surface area contributed by atoms with Crippen LogP contribution >= 0.6 is 0 Å². The van der Waals surface area contributed by atoms with E-state index in [-0.39, 0.29) is 24.5 Å². The fraction of sp³-hybridized carbons (Fsp3) is 0.278. The normalized spacial score (nSPS) is 10.2. The molecule has 1 aromatic heterocycles. The average molecular weight is 312 g/mol. The van der Waals surface area contributed by atoms with Crippen molar-refractivity contribution < 1.29 is 14.3 Å². The standard InChI is InChI=1S/C18H20N2O3/c1-12-4-5-14(10-13(12)2)16(21)7-8-17(22)20-15-6-9-18(23-3)19-11-15/h4-6,9-11H,7-8H2,1-3H3,(H,20,22). The Balaban J connectivity index is 1.87. The van der Waals surface area contributed by atoms with E-state index in [2.05, 4.69) is 10.3 Å². The molecule has 0 radical (unpaired) electrons. The number of carbonyl (C=O) groups excluding carboxylic acids is 2. The van der Waals surface area contributed by atoms with Gasteiger partial charge >= 0.3 is 0 Å². The van der Waals surface area contributed by atoms with Gasteiger partial charge in [-0.1, -0.05) is 12.1 Å². The van der Waals surface area contributed by atoms with Crippen LogP contribution in [0, 0.1) is 13.8 Å². The summed E-state index contributed by atoms with van der Waals surface area (Å²) in [6.45, 7) is 3.97. The van der Waals surface area contributed by atoms with E-state index in [0.29, 0.717) is 17.1 Å². The van der Waals surface area contributed by atoms with Crippen LogP contribution in [-0.4, -0.2) is 23.8 Å². The van der Waals surface area contributed by atoms with Gasteiger partial charge in [-0.2, -0.15) is 0 Å². The van der Waals surface area contributed by atoms with E-state index < -0.39 is 0 Å². The highest BCUT2D eigenvalue weighted by Gasteiger charge is 2.10. The van der Waals surface area contributed by atoms with E-state index in [1.165, 1.54) is 13.3 Å². The number of nitrogens with one attached hydrogen (secondary N) is 1. The number of Topliss-reactive ketones (excluding diaryl/α,β-unsaturated/α-hetero) is 1. The Bertz CT molecular complexity index is 709. The van der Waals surface area contributed by atoms with Gasteiger partial charge in [0.1, 0.15) is 0 Å². The Morgan fingerprint density at radius 3 is 2.48 bits per heavy atom. The third-order valence-electron chi connectivity index (χ3n) is 3.64. The van der Waals surface area contributed by atoms with Crippen LogP contribution in [0.1, 0.15) is 34.3 Å². The van der Waals surface area contributed by atoms with Gasteiger partial charge < -0.3 is 10.1 Å². The van der Waals surface area contributed by atoms with Gasteiger partial charge in [0.25, 0.3) is 0 Å². The molecule has 23 heavy (non-hydrogen) atoms. The molecule has 1 N–H and O–H groups in total. The summed E-state index contributed by atoms with van der Waals surface area (Å²) >= 11 is 0. The molecular formula is C18H20N2O3. The number of methoxy groups -OCH3 is 1. The number of aryl methyl sites for hydroxylation is 2. The quantitative estimate of drug-likeness (QED) is 0.831. The lowest BCUT2D eigenvalue weighted by Gasteiger charge is -2.06. The Labute approximate surface area is 135 Å². The number of hydrogen-bond acceptors (Lipinski definition) is 4. The number of carbonyl (C=O) groups is 2. The first-order valence-corrected chi connectivity index (χ1v) is 7.40. The molecule has 0 spiro atoms. The van der Waals surface area contributed by atoms with Gasteiger partial charge in [-0.05, 0) is 37.1 Å². The Hall–Kier alpha value is -2.69. The summed E-state index contributed by atoms with van der Waals surface area (Å²) in [5.74, 6) is 0.234. The maximum atomic E-state index is 12.1. The predicted molar refractivity (Wildman–Crippen MR) is 88.9 cm³/mol. The number of amides is 1. The van der Waals surface area contributed by atoms with E-state index in [1.807, 2.05) is 26.0 Å². The topological polar surface area (TPSA) is 68.3 Å². The van der Waals surface area contributed by atoms with E-state index in [9.17, 15) is 9.59 Å². The van der Waals surface area contributed by atoms with Crippen LogP contribution in [0.2, 0.25) is 0 Å². The molecular weight excluding hydrogens is 292 g/mol. The van der Waals surface area contributed by atoms with Crippen molar-refractivity contribution in [3.8, 4) is 5.88 Å². The molecule has 1 amide bonds. The number of ether oxygens (including phenoxy) is 1. The molecule has 1 heterocycles. The van der Waals surface area contributed by atoms with Crippen molar-refractivity contribution in [1.29, 1.82) is 0 Å². The number of hydrogen-bond donors (Lipinski definition) is 1. The molecule has 0 fully saturated rings. The zero-order valence-electron chi connectivity index (χ0n) is 13.6. The van der Waals surface area contributed by atoms with E-state index in [4.69, 9.17) is 4.74 Å². The fourth-order valence-electron chi connectivity index (χ4n) is 2.08. The maximum Gasteiger partial charge on any atom is 0.224 e. The minimum atomic E-state index is -0.214. The second-order valence-electron chi connectivity index (χ2n) is 5.36. The summed E-state index contributed by atoms with van der Waals surface area (Å²) in [4.78, 5) is 28.0. The van der Waals surface area contributed by atoms with Crippen molar-refractivity contribution in [2.45, 2.75) is 26.7 Å². The van der Waals surface area contributed by atoms with Crippen molar-refractivity contribution >= 4 is 17.4 Å². The average Bonchev–Trinajstić information content (AvgIpc) is 2.56. The SMILES string of the molecule is COc1ccc(NC(=O)CCC(=O)c2ccc(C)c(C)c2)cn1. The molecule has 0 aliphatic carbocycles. The Kier molecular flexibility index (Phi) is 5.46. The number of nitrogens with zero attached hydrogens (tertiary/aromatic N) is 1. The summed E-state index contributed by atoms with van der Waals surface area (Å²) in [5.41, 5.74) is 3.44. The minimum Gasteiger partial charge on any atom is -0.481 e. The number of rotatable bonds is 6. The van der Waals surface area contributed by atoms with Crippen molar-refractivity contribution in [3.63, 3.8) is 0 Å². The predicted octanol–water partition coefficient (Wildman–Crippen LogP) is 3.31. The Morgan fingerprint density at radius 2 is 1.87 bits per heavy atom. The number of benzene rings is 1. The second kappa shape index (κ2) is 7.54. The molecule has 0 atom stereocenters. The lowest BCUT2D eigenvalue weighted by Crippen LogP contribution is -2.13. The number of aromatic nitrogens is 1. The van der Waals surface area contributed by atoms with E-state index in [1.54, 1.807) is 18.2 Å². The van der Waals surface area contributed by atoms with Crippen LogP contribution in [0.5, 0.6) is 5.88 Å². The van der Waals surface area contributed by atoms with Gasteiger partial charge in [0.15, 0.2) is 5.78 Å². The minimum absolute atomic E-state index is 0.0314. The highest BCUT2D eigenvalue weighted by atomic mass is 16.5. The van der Waals surface area contributed by atoms with Crippen LogP contribution in [-0.2, 0) is 4.79 Å². The molecule has 120 valence electrons. The lowest BCUT2D eigenvalue weighted by molar-refractivity contribution is -0.116.